The lowest BCUT2D eigenvalue weighted by Gasteiger charge is -2.13. The van der Waals surface area contributed by atoms with Gasteiger partial charge in [-0.05, 0) is 18.2 Å². The second kappa shape index (κ2) is 6.95. The van der Waals surface area contributed by atoms with Crippen LogP contribution in [0.1, 0.15) is 22.0 Å². The van der Waals surface area contributed by atoms with Crippen LogP contribution in [0, 0.1) is 5.82 Å². The quantitative estimate of drug-likeness (QED) is 0.725. The van der Waals surface area contributed by atoms with Crippen molar-refractivity contribution < 1.29 is 13.9 Å². The molecule has 0 aliphatic rings. The van der Waals surface area contributed by atoms with Crippen molar-refractivity contribution in [1.29, 1.82) is 0 Å². The Morgan fingerprint density at radius 2 is 2.21 bits per heavy atom. The summed E-state index contributed by atoms with van der Waals surface area (Å²) in [6, 6.07) is 7.71. The van der Waals surface area contributed by atoms with E-state index in [-0.39, 0.29) is 24.0 Å². The predicted molar refractivity (Wildman–Crippen MR) is 83.7 cm³/mol. The Bertz CT molecular complexity index is 816. The fraction of sp³-hybridized carbons (Fsp3) is 0.188. The van der Waals surface area contributed by atoms with Crippen molar-refractivity contribution in [2.45, 2.75) is 13.2 Å². The van der Waals surface area contributed by atoms with E-state index in [0.717, 1.165) is 0 Å². The molecule has 0 aliphatic carbocycles. The Hall–Kier alpha value is -3.16. The zero-order chi connectivity index (χ0) is 16.9. The molecule has 0 saturated heterocycles. The van der Waals surface area contributed by atoms with E-state index in [9.17, 15) is 9.18 Å². The Morgan fingerprint density at radius 1 is 1.38 bits per heavy atom. The Kier molecular flexibility index (Phi) is 4.55. The maximum atomic E-state index is 13.5. The first-order valence-corrected chi connectivity index (χ1v) is 7.29. The zero-order valence-corrected chi connectivity index (χ0v) is 13.0. The lowest BCUT2D eigenvalue weighted by molar-refractivity contribution is 0.0776. The Labute approximate surface area is 137 Å². The van der Waals surface area contributed by atoms with Crippen LogP contribution in [0.5, 0.6) is 5.75 Å². The molecule has 7 nitrogen and oxygen atoms in total. The van der Waals surface area contributed by atoms with E-state index in [2.05, 4.69) is 20.2 Å². The van der Waals surface area contributed by atoms with E-state index in [1.165, 1.54) is 17.0 Å². The molecule has 24 heavy (non-hydrogen) atoms. The van der Waals surface area contributed by atoms with Gasteiger partial charge in [0.15, 0.2) is 17.3 Å². The molecule has 8 heteroatoms. The number of aromatic amines is 2. The van der Waals surface area contributed by atoms with Crippen molar-refractivity contribution in [3.63, 3.8) is 0 Å². The predicted octanol–water partition coefficient (Wildman–Crippen LogP) is 2.12. The third-order valence-electron chi connectivity index (χ3n) is 3.36. The molecule has 0 aliphatic heterocycles. The summed E-state index contributed by atoms with van der Waals surface area (Å²) in [7, 11) is 1.66. The number of ether oxygens (including phenoxy) is 1. The molecule has 0 fully saturated rings. The molecule has 0 saturated carbocycles. The van der Waals surface area contributed by atoms with Gasteiger partial charge in [-0.1, -0.05) is 12.1 Å². The van der Waals surface area contributed by atoms with Crippen molar-refractivity contribution in [2.24, 2.45) is 0 Å². The molecule has 0 atom stereocenters. The number of hydrogen-bond donors (Lipinski definition) is 2. The average molecular weight is 329 g/mol. The van der Waals surface area contributed by atoms with Gasteiger partial charge in [0.25, 0.3) is 5.91 Å². The fourth-order valence-electron chi connectivity index (χ4n) is 2.14. The first-order chi connectivity index (χ1) is 11.6. The number of imidazole rings is 1. The van der Waals surface area contributed by atoms with Crippen LogP contribution in [0.2, 0.25) is 0 Å². The molecule has 124 valence electrons. The molecule has 0 unspecified atom stereocenters. The molecule has 3 rings (SSSR count). The molecule has 2 aromatic heterocycles. The molecule has 3 aromatic rings. The van der Waals surface area contributed by atoms with Crippen LogP contribution in [-0.2, 0) is 13.2 Å². The largest absolute Gasteiger partial charge is 0.484 e. The minimum atomic E-state index is -0.438. The minimum Gasteiger partial charge on any atom is -0.484 e. The van der Waals surface area contributed by atoms with E-state index in [4.69, 9.17) is 4.74 Å². The summed E-state index contributed by atoms with van der Waals surface area (Å²) in [4.78, 5) is 20.8. The number of rotatable bonds is 6. The molecule has 1 amide bonds. The number of aromatic nitrogens is 4. The number of benzene rings is 1. The normalized spacial score (nSPS) is 10.6. The first kappa shape index (κ1) is 15.7. The maximum Gasteiger partial charge on any atom is 0.274 e. The van der Waals surface area contributed by atoms with Gasteiger partial charge < -0.3 is 14.6 Å². The smallest absolute Gasteiger partial charge is 0.274 e. The average Bonchev–Trinajstić information content (AvgIpc) is 3.25. The molecule has 2 N–H and O–H groups in total. The van der Waals surface area contributed by atoms with E-state index in [1.54, 1.807) is 37.6 Å². The van der Waals surface area contributed by atoms with Gasteiger partial charge in [-0.3, -0.25) is 9.89 Å². The summed E-state index contributed by atoms with van der Waals surface area (Å²) in [5.74, 6) is 0.144. The van der Waals surface area contributed by atoms with Crippen molar-refractivity contribution in [1.82, 2.24) is 25.1 Å². The third-order valence-corrected chi connectivity index (χ3v) is 3.36. The SMILES string of the molecule is CN(Cc1ncc[nH]1)C(=O)c1cc(COc2ccccc2F)[nH]n1. The van der Waals surface area contributed by atoms with Crippen LogP contribution in [0.15, 0.2) is 42.7 Å². The molecular weight excluding hydrogens is 313 g/mol. The minimum absolute atomic E-state index is 0.0864. The third kappa shape index (κ3) is 3.60. The molecule has 1 aromatic carbocycles. The molecule has 2 heterocycles. The second-order valence-electron chi connectivity index (χ2n) is 5.19. The van der Waals surface area contributed by atoms with E-state index in [1.807, 2.05) is 0 Å². The summed E-state index contributed by atoms with van der Waals surface area (Å²) >= 11 is 0. The van der Waals surface area contributed by atoms with Crippen molar-refractivity contribution in [3.05, 3.63) is 65.8 Å². The van der Waals surface area contributed by atoms with Gasteiger partial charge >= 0.3 is 0 Å². The first-order valence-electron chi connectivity index (χ1n) is 7.29. The summed E-state index contributed by atoms with van der Waals surface area (Å²) in [6.45, 7) is 0.433. The Balaban J connectivity index is 1.60. The lowest BCUT2D eigenvalue weighted by Crippen LogP contribution is -2.27. The molecule has 0 radical (unpaired) electrons. The van der Waals surface area contributed by atoms with Crippen molar-refractivity contribution >= 4 is 5.91 Å². The van der Waals surface area contributed by atoms with Gasteiger partial charge in [-0.15, -0.1) is 0 Å². The number of nitrogens with zero attached hydrogens (tertiary/aromatic N) is 3. The summed E-state index contributed by atoms with van der Waals surface area (Å²) in [5, 5.41) is 6.70. The van der Waals surface area contributed by atoms with Gasteiger partial charge in [0.05, 0.1) is 12.2 Å². The topological polar surface area (TPSA) is 86.9 Å². The highest BCUT2D eigenvalue weighted by molar-refractivity contribution is 5.92. The summed E-state index contributed by atoms with van der Waals surface area (Å²) in [6.07, 6.45) is 3.32. The van der Waals surface area contributed by atoms with Crippen molar-refractivity contribution in [3.8, 4) is 5.75 Å². The summed E-state index contributed by atoms with van der Waals surface area (Å²) < 4.78 is 18.9. The number of hydrogen-bond acceptors (Lipinski definition) is 4. The number of carbonyl (C=O) groups excluding carboxylic acids is 1. The van der Waals surface area contributed by atoms with Crippen LogP contribution < -0.4 is 4.74 Å². The molecule has 0 bridgehead atoms. The van der Waals surface area contributed by atoms with E-state index in [0.29, 0.717) is 18.1 Å². The van der Waals surface area contributed by atoms with Crippen LogP contribution in [0.25, 0.3) is 0 Å². The van der Waals surface area contributed by atoms with E-state index < -0.39 is 5.82 Å². The number of nitrogens with one attached hydrogen (secondary N) is 2. The number of H-pyrrole nitrogens is 2. The van der Waals surface area contributed by atoms with Gasteiger partial charge in [0.1, 0.15) is 12.4 Å². The molecular formula is C16H16FN5O2. The number of amides is 1. The Morgan fingerprint density at radius 3 is 2.96 bits per heavy atom. The van der Waals surface area contributed by atoms with Gasteiger partial charge in [0.2, 0.25) is 0 Å². The standard InChI is InChI=1S/C16H16FN5O2/c1-22(9-15-18-6-7-19-15)16(23)13-8-11(20-21-13)10-24-14-5-3-2-4-12(14)17/h2-8H,9-10H2,1H3,(H,18,19)(H,20,21). The number of carbonyl (C=O) groups is 1. The highest BCUT2D eigenvalue weighted by atomic mass is 19.1. The van der Waals surface area contributed by atoms with Crippen LogP contribution in [-0.4, -0.2) is 38.0 Å². The monoisotopic (exact) mass is 329 g/mol. The van der Waals surface area contributed by atoms with Crippen LogP contribution in [0.4, 0.5) is 4.39 Å². The van der Waals surface area contributed by atoms with Crippen LogP contribution in [0.3, 0.4) is 0 Å². The molecule has 0 spiro atoms. The van der Waals surface area contributed by atoms with Gasteiger partial charge in [0, 0.05) is 19.4 Å². The van der Waals surface area contributed by atoms with Gasteiger partial charge in [-0.25, -0.2) is 9.37 Å². The number of halogens is 1. The fourth-order valence-corrected chi connectivity index (χ4v) is 2.14. The second-order valence-corrected chi connectivity index (χ2v) is 5.19. The van der Waals surface area contributed by atoms with E-state index >= 15 is 0 Å². The summed E-state index contributed by atoms with van der Waals surface area (Å²) in [5.41, 5.74) is 0.837. The van der Waals surface area contributed by atoms with Crippen LogP contribution >= 0.6 is 0 Å². The number of para-hydroxylation sites is 1. The lowest BCUT2D eigenvalue weighted by atomic mass is 10.3. The highest BCUT2D eigenvalue weighted by Gasteiger charge is 2.16. The zero-order valence-electron chi connectivity index (χ0n) is 13.0. The van der Waals surface area contributed by atoms with Crippen molar-refractivity contribution in [2.75, 3.05) is 7.05 Å². The van der Waals surface area contributed by atoms with Gasteiger partial charge in [-0.2, -0.15) is 5.10 Å². The highest BCUT2D eigenvalue weighted by Crippen LogP contribution is 2.17. The maximum absolute atomic E-state index is 13.5.